The normalized spacial score (nSPS) is 14.1. The molecule has 0 saturated carbocycles. The van der Waals surface area contributed by atoms with Crippen molar-refractivity contribution in [3.05, 3.63) is 35.9 Å². The molecule has 0 fully saturated rings. The Morgan fingerprint density at radius 2 is 1.95 bits per heavy atom. The van der Waals surface area contributed by atoms with Crippen LogP contribution in [0.25, 0.3) is 0 Å². The molecule has 0 saturated heterocycles. The van der Waals surface area contributed by atoms with Crippen molar-refractivity contribution < 1.29 is 19.1 Å². The lowest BCUT2D eigenvalue weighted by molar-refractivity contribution is -0.147. The highest BCUT2D eigenvalue weighted by Gasteiger charge is 2.17. The number of rotatable bonds is 6. The van der Waals surface area contributed by atoms with E-state index in [4.69, 9.17) is 4.74 Å². The van der Waals surface area contributed by atoms with Crippen LogP contribution in [0.1, 0.15) is 31.2 Å². The average molecular weight is 288 g/mol. The second-order valence-electron chi connectivity index (χ2n) is 4.75. The van der Waals surface area contributed by atoms with Crippen LogP contribution in [-0.2, 0) is 25.7 Å². The molecule has 0 radical (unpaired) electrons. The SMILES string of the molecule is O=C(CC(=O)OCc1ccccc1)CC1=NNC(=O)CC1. The summed E-state index contributed by atoms with van der Waals surface area (Å²) >= 11 is 0. The van der Waals surface area contributed by atoms with Crippen LogP contribution < -0.4 is 5.43 Å². The lowest BCUT2D eigenvalue weighted by Crippen LogP contribution is -2.27. The fraction of sp³-hybridized carbons (Fsp3) is 0.333. The van der Waals surface area contributed by atoms with Gasteiger partial charge in [0, 0.05) is 18.6 Å². The van der Waals surface area contributed by atoms with Gasteiger partial charge in [0.05, 0.1) is 0 Å². The van der Waals surface area contributed by atoms with Gasteiger partial charge in [-0.2, -0.15) is 5.10 Å². The van der Waals surface area contributed by atoms with Crippen LogP contribution in [0.4, 0.5) is 0 Å². The minimum Gasteiger partial charge on any atom is -0.460 e. The van der Waals surface area contributed by atoms with E-state index >= 15 is 0 Å². The third kappa shape index (κ3) is 5.18. The summed E-state index contributed by atoms with van der Waals surface area (Å²) in [6.45, 7) is 0.157. The maximum Gasteiger partial charge on any atom is 0.313 e. The van der Waals surface area contributed by atoms with Gasteiger partial charge in [-0.05, 0) is 12.0 Å². The van der Waals surface area contributed by atoms with Crippen molar-refractivity contribution in [2.75, 3.05) is 0 Å². The molecule has 0 aliphatic carbocycles. The second-order valence-corrected chi connectivity index (χ2v) is 4.75. The molecular formula is C15H16N2O4. The number of esters is 1. The number of hydrazone groups is 1. The van der Waals surface area contributed by atoms with E-state index in [1.54, 1.807) is 0 Å². The first-order valence-corrected chi connectivity index (χ1v) is 6.69. The first kappa shape index (κ1) is 14.9. The van der Waals surface area contributed by atoms with Crippen LogP contribution in [0.3, 0.4) is 0 Å². The molecule has 1 aliphatic rings. The summed E-state index contributed by atoms with van der Waals surface area (Å²) in [6.07, 6.45) is 0.571. The molecule has 1 heterocycles. The zero-order valence-corrected chi connectivity index (χ0v) is 11.5. The molecule has 6 heteroatoms. The molecule has 6 nitrogen and oxygen atoms in total. The molecule has 1 aliphatic heterocycles. The summed E-state index contributed by atoms with van der Waals surface area (Å²) in [6, 6.07) is 9.26. The molecule has 1 aromatic carbocycles. The van der Waals surface area contributed by atoms with Crippen LogP contribution >= 0.6 is 0 Å². The Bertz CT molecular complexity index is 566. The van der Waals surface area contributed by atoms with E-state index in [1.807, 2.05) is 30.3 Å². The number of carbonyl (C=O) groups excluding carboxylic acids is 3. The molecule has 2 rings (SSSR count). The van der Waals surface area contributed by atoms with Crippen molar-refractivity contribution >= 4 is 23.4 Å². The van der Waals surface area contributed by atoms with Gasteiger partial charge in [0.1, 0.15) is 18.8 Å². The maximum atomic E-state index is 11.7. The number of carbonyl (C=O) groups is 3. The average Bonchev–Trinajstić information content (AvgIpc) is 2.48. The van der Waals surface area contributed by atoms with Crippen LogP contribution in [0.5, 0.6) is 0 Å². The number of hydrogen-bond acceptors (Lipinski definition) is 5. The molecule has 0 aromatic heterocycles. The minimum absolute atomic E-state index is 0.0702. The summed E-state index contributed by atoms with van der Waals surface area (Å²) in [5.41, 5.74) is 3.78. The number of ketones is 1. The number of nitrogens with zero attached hydrogens (tertiary/aromatic N) is 1. The predicted molar refractivity (Wildman–Crippen MR) is 75.3 cm³/mol. The lowest BCUT2D eigenvalue weighted by Gasteiger charge is -2.11. The number of Topliss-reactive ketones (excluding diaryl/α,β-unsaturated/α-hetero) is 1. The Morgan fingerprint density at radius 3 is 2.62 bits per heavy atom. The summed E-state index contributed by atoms with van der Waals surface area (Å²) in [4.78, 5) is 34.2. The Balaban J connectivity index is 1.72. The fourth-order valence-electron chi connectivity index (χ4n) is 1.88. The van der Waals surface area contributed by atoms with Crippen LogP contribution in [0.2, 0.25) is 0 Å². The Morgan fingerprint density at radius 1 is 1.19 bits per heavy atom. The fourth-order valence-corrected chi connectivity index (χ4v) is 1.88. The predicted octanol–water partition coefficient (Wildman–Crippen LogP) is 1.35. The summed E-state index contributed by atoms with van der Waals surface area (Å²) < 4.78 is 5.04. The lowest BCUT2D eigenvalue weighted by atomic mass is 10.1. The van der Waals surface area contributed by atoms with Crippen molar-refractivity contribution in [3.63, 3.8) is 0 Å². The Hall–Kier alpha value is -2.50. The second kappa shape index (κ2) is 7.33. The van der Waals surface area contributed by atoms with Gasteiger partial charge < -0.3 is 4.74 Å². The molecule has 1 aromatic rings. The van der Waals surface area contributed by atoms with Gasteiger partial charge in [0.2, 0.25) is 5.91 Å². The van der Waals surface area contributed by atoms with Crippen molar-refractivity contribution in [3.8, 4) is 0 Å². The first-order valence-electron chi connectivity index (χ1n) is 6.69. The van der Waals surface area contributed by atoms with E-state index in [2.05, 4.69) is 10.5 Å². The van der Waals surface area contributed by atoms with E-state index in [0.29, 0.717) is 18.6 Å². The van der Waals surface area contributed by atoms with Crippen LogP contribution in [0, 0.1) is 0 Å². The standard InChI is InChI=1S/C15H16N2O4/c18-13(8-12-6-7-14(19)17-16-12)9-15(20)21-10-11-4-2-1-3-5-11/h1-5H,6-10H2,(H,17,19). The zero-order chi connectivity index (χ0) is 15.1. The molecule has 21 heavy (non-hydrogen) atoms. The molecule has 0 unspecified atom stereocenters. The monoisotopic (exact) mass is 288 g/mol. The maximum absolute atomic E-state index is 11.7. The number of hydrogen-bond donors (Lipinski definition) is 1. The third-order valence-electron chi connectivity index (χ3n) is 2.96. The Labute approximate surface area is 122 Å². The van der Waals surface area contributed by atoms with Gasteiger partial charge >= 0.3 is 5.97 Å². The number of amides is 1. The summed E-state index contributed by atoms with van der Waals surface area (Å²) in [5, 5.41) is 3.80. The molecule has 1 amide bonds. The molecular weight excluding hydrogens is 272 g/mol. The van der Waals surface area contributed by atoms with Crippen molar-refractivity contribution in [1.29, 1.82) is 0 Å². The van der Waals surface area contributed by atoms with Gasteiger partial charge in [0.25, 0.3) is 0 Å². The third-order valence-corrected chi connectivity index (χ3v) is 2.96. The minimum atomic E-state index is -0.552. The molecule has 0 bridgehead atoms. The van der Waals surface area contributed by atoms with E-state index in [1.165, 1.54) is 0 Å². The van der Waals surface area contributed by atoms with E-state index in [0.717, 1.165) is 5.56 Å². The summed E-state index contributed by atoms with van der Waals surface area (Å²) in [5.74, 6) is -0.972. The molecule has 110 valence electrons. The molecule has 0 spiro atoms. The number of nitrogens with one attached hydrogen (secondary N) is 1. The van der Waals surface area contributed by atoms with Gasteiger partial charge in [-0.1, -0.05) is 30.3 Å². The number of benzene rings is 1. The zero-order valence-electron chi connectivity index (χ0n) is 11.5. The van der Waals surface area contributed by atoms with Gasteiger partial charge in [0.15, 0.2) is 0 Å². The highest BCUT2D eigenvalue weighted by atomic mass is 16.5. The number of ether oxygens (including phenoxy) is 1. The van der Waals surface area contributed by atoms with Crippen molar-refractivity contribution in [2.24, 2.45) is 5.10 Å². The highest BCUT2D eigenvalue weighted by Crippen LogP contribution is 2.06. The summed E-state index contributed by atoms with van der Waals surface area (Å²) in [7, 11) is 0. The van der Waals surface area contributed by atoms with Gasteiger partial charge in [-0.25, -0.2) is 5.43 Å². The van der Waals surface area contributed by atoms with Crippen molar-refractivity contribution in [2.45, 2.75) is 32.3 Å². The van der Waals surface area contributed by atoms with Crippen LogP contribution in [-0.4, -0.2) is 23.4 Å². The molecule has 0 atom stereocenters. The topological polar surface area (TPSA) is 84.8 Å². The van der Waals surface area contributed by atoms with E-state index < -0.39 is 5.97 Å². The first-order chi connectivity index (χ1) is 10.1. The van der Waals surface area contributed by atoms with Gasteiger partial charge in [-0.15, -0.1) is 0 Å². The molecule has 1 N–H and O–H groups in total. The van der Waals surface area contributed by atoms with E-state index in [9.17, 15) is 14.4 Å². The van der Waals surface area contributed by atoms with Crippen molar-refractivity contribution in [1.82, 2.24) is 5.43 Å². The van der Waals surface area contributed by atoms with Crippen LogP contribution in [0.15, 0.2) is 35.4 Å². The smallest absolute Gasteiger partial charge is 0.313 e. The van der Waals surface area contributed by atoms with Gasteiger partial charge in [-0.3, -0.25) is 14.4 Å². The largest absolute Gasteiger partial charge is 0.460 e. The highest BCUT2D eigenvalue weighted by molar-refractivity contribution is 6.08. The quantitative estimate of drug-likeness (QED) is 0.632. The van der Waals surface area contributed by atoms with E-state index in [-0.39, 0.29) is 31.1 Å². The Kier molecular flexibility index (Phi) is 5.20.